The van der Waals surface area contributed by atoms with Gasteiger partial charge in [0.2, 0.25) is 0 Å². The number of thiophene rings is 4. The van der Waals surface area contributed by atoms with Crippen LogP contribution in [-0.2, 0) is 16.2 Å². The molecule has 4 aromatic heterocycles. The first-order valence-corrected chi connectivity index (χ1v) is 52.7. The molecule has 0 bridgehead atoms. The topological polar surface area (TPSA) is 9.72 Å². The molecule has 0 saturated heterocycles. The van der Waals surface area contributed by atoms with E-state index in [9.17, 15) is 0 Å². The molecule has 0 saturated carbocycles. The van der Waals surface area contributed by atoms with Crippen molar-refractivity contribution in [2.45, 2.75) is 16.2 Å². The van der Waals surface area contributed by atoms with Gasteiger partial charge in [0.05, 0.1) is 16.2 Å². The summed E-state index contributed by atoms with van der Waals surface area (Å²) < 4.78 is 10.4. The molecule has 674 valence electrons. The van der Waals surface area contributed by atoms with Gasteiger partial charge in [0.15, 0.2) is 0 Å². The van der Waals surface area contributed by atoms with Crippen molar-refractivity contribution >= 4 is 199 Å². The number of anilines is 9. The molecule has 144 heavy (non-hydrogen) atoms. The lowest BCUT2D eigenvalue weighted by molar-refractivity contribution is 0.768. The first kappa shape index (κ1) is 83.8. The average molecular weight is 1900 g/mol. The molecule has 23 aromatic carbocycles. The lowest BCUT2D eigenvalue weighted by Crippen LogP contribution is -2.28. The molecular formula is C137H87N3S4. The summed E-state index contributed by atoms with van der Waals surface area (Å²) >= 11 is 7.54. The van der Waals surface area contributed by atoms with Crippen molar-refractivity contribution < 1.29 is 0 Å². The minimum Gasteiger partial charge on any atom is -0.310 e. The standard InChI is InChI=1S/C84H54N2S2.C53H33NS2/c1-5-21-57(22-6-1)83(75-33-17-13-29-67(75)68-30-14-18-34-76(68)83)59-37-41-63(42-38-59)85(61-25-9-3-10-26-61)65-45-47-79-73(53-65)71-49-55-50-72-74-54-66(46-48-80(74)88-82(72)52-56(55)51-81(71)87-79)86(62-27-11-4-12-28-62)64-43-39-60(40-44-64)84(58-23-7-2-8-24-58)77-35-19-15-31-69(77)70-32-16-20-36-78(70)84;1-3-14-36(15-4-1)53(47-23-10-7-20-41(47)42-21-8-11-24-48(42)53)37-16-13-19-39(32-37)54(38-17-5-2-6-18-38)40-26-27-44-46-29-34-28-45-43-22-9-12-25-49(43)55-50(45)30-35(34)31-51(46)56-52(44)33-40/h1-54H;1-33H. The molecule has 0 atom stereocenters. The summed E-state index contributed by atoms with van der Waals surface area (Å²) in [5.74, 6) is 0. The Morgan fingerprint density at radius 2 is 0.347 bits per heavy atom. The maximum atomic E-state index is 2.45. The minimum atomic E-state index is -0.467. The Morgan fingerprint density at radius 3 is 0.722 bits per heavy atom. The molecule has 0 radical (unpaired) electrons. The third-order valence-corrected chi connectivity index (χ3v) is 35.4. The SMILES string of the molecule is c1ccc(N(c2ccc(C3(c4ccccc4)c4ccccc4-c4ccccc43)cc2)c2ccc3sc4cc5cc6sc7ccc(N(c8ccccc8)c8ccc(C9(c%10ccccc%10)c%10ccccc%10-c%10ccccc%109)cc8)cc7c6cc5cc4c3c2)cc1.c1ccc(N(c2cccc(C3(c4ccccc4)c4ccccc4-c4ccccc43)c2)c2ccc3c(c2)sc2cc4cc5sc6ccccc6c5cc4cc23)cc1. The van der Waals surface area contributed by atoms with Gasteiger partial charge in [-0.3, -0.25) is 0 Å². The third-order valence-electron chi connectivity index (χ3n) is 30.8. The highest BCUT2D eigenvalue weighted by molar-refractivity contribution is 7.27. The zero-order valence-electron chi connectivity index (χ0n) is 78.2. The Labute approximate surface area is 850 Å². The van der Waals surface area contributed by atoms with Crippen LogP contribution in [0, 0.1) is 0 Å². The molecule has 0 spiro atoms. The lowest BCUT2D eigenvalue weighted by Gasteiger charge is -2.35. The van der Waals surface area contributed by atoms with E-state index < -0.39 is 16.2 Å². The highest BCUT2D eigenvalue weighted by Crippen LogP contribution is 2.62. The summed E-state index contributed by atoms with van der Waals surface area (Å²) in [6.45, 7) is 0. The van der Waals surface area contributed by atoms with Crippen molar-refractivity contribution in [3.8, 4) is 33.4 Å². The number of hydrogen-bond acceptors (Lipinski definition) is 7. The molecule has 3 aliphatic carbocycles. The van der Waals surface area contributed by atoms with Crippen LogP contribution in [-0.4, -0.2) is 0 Å². The van der Waals surface area contributed by atoms with Gasteiger partial charge in [-0.1, -0.05) is 352 Å². The quantitative estimate of drug-likeness (QED) is 0.101. The van der Waals surface area contributed by atoms with Crippen LogP contribution in [0.25, 0.3) is 136 Å². The van der Waals surface area contributed by atoms with Crippen LogP contribution in [0.1, 0.15) is 66.8 Å². The first-order chi connectivity index (χ1) is 71.3. The van der Waals surface area contributed by atoms with Gasteiger partial charge in [0.25, 0.3) is 0 Å². The zero-order valence-corrected chi connectivity index (χ0v) is 81.5. The predicted molar refractivity (Wildman–Crippen MR) is 615 cm³/mol. The van der Waals surface area contributed by atoms with Crippen LogP contribution < -0.4 is 14.7 Å². The molecule has 3 aliphatic rings. The minimum absolute atomic E-state index is 0.466. The summed E-state index contributed by atoms with van der Waals surface area (Å²) in [4.78, 5) is 7.26. The maximum absolute atomic E-state index is 2.45. The molecule has 3 nitrogen and oxygen atoms in total. The van der Waals surface area contributed by atoms with E-state index in [1.807, 2.05) is 45.3 Å². The second kappa shape index (κ2) is 33.5. The van der Waals surface area contributed by atoms with E-state index in [1.54, 1.807) is 0 Å². The second-order valence-corrected chi connectivity index (χ2v) is 42.6. The fourth-order valence-electron chi connectivity index (χ4n) is 24.7. The van der Waals surface area contributed by atoms with E-state index in [2.05, 4.69) is 542 Å². The number of benzene rings is 23. The Kier molecular flexibility index (Phi) is 19.5. The van der Waals surface area contributed by atoms with Gasteiger partial charge in [-0.05, 0) is 298 Å². The second-order valence-electron chi connectivity index (χ2n) is 38.3. The van der Waals surface area contributed by atoms with Gasteiger partial charge in [0.1, 0.15) is 0 Å². The summed E-state index contributed by atoms with van der Waals surface area (Å²) in [7, 11) is 0. The summed E-state index contributed by atoms with van der Waals surface area (Å²) in [6.07, 6.45) is 0. The Balaban J connectivity index is 0.000000151. The third kappa shape index (κ3) is 12.9. The normalized spacial score (nSPS) is 13.3. The van der Waals surface area contributed by atoms with E-state index >= 15 is 0 Å². The number of para-hydroxylation sites is 3. The fraction of sp³-hybridized carbons (Fsp3) is 0.0219. The Bertz CT molecular complexity index is 9320. The molecule has 27 aromatic rings. The lowest BCUT2D eigenvalue weighted by atomic mass is 9.67. The van der Waals surface area contributed by atoms with Gasteiger partial charge in [-0.2, -0.15) is 0 Å². The maximum Gasteiger partial charge on any atom is 0.0714 e. The highest BCUT2D eigenvalue weighted by atomic mass is 32.1. The van der Waals surface area contributed by atoms with E-state index in [0.29, 0.717) is 0 Å². The molecular weight excluding hydrogens is 1820 g/mol. The van der Waals surface area contributed by atoms with Crippen LogP contribution in [0.4, 0.5) is 51.2 Å². The van der Waals surface area contributed by atoms with E-state index in [-0.39, 0.29) is 0 Å². The van der Waals surface area contributed by atoms with Crippen molar-refractivity contribution in [3.63, 3.8) is 0 Å². The largest absolute Gasteiger partial charge is 0.310 e. The van der Waals surface area contributed by atoms with Crippen molar-refractivity contribution in [3.05, 3.63) is 595 Å². The molecule has 4 heterocycles. The van der Waals surface area contributed by atoms with E-state index in [1.165, 1.54) is 202 Å². The van der Waals surface area contributed by atoms with E-state index in [0.717, 1.165) is 51.2 Å². The molecule has 0 unspecified atom stereocenters. The monoisotopic (exact) mass is 1900 g/mol. The number of rotatable bonds is 15. The van der Waals surface area contributed by atoms with Crippen LogP contribution in [0.3, 0.4) is 0 Å². The molecule has 0 fully saturated rings. The van der Waals surface area contributed by atoms with Crippen molar-refractivity contribution in [2.75, 3.05) is 14.7 Å². The molecule has 30 rings (SSSR count). The number of hydrogen-bond donors (Lipinski definition) is 0. The Morgan fingerprint density at radius 1 is 0.125 bits per heavy atom. The predicted octanol–water partition coefficient (Wildman–Crippen LogP) is 38.6. The van der Waals surface area contributed by atoms with Crippen LogP contribution in [0.5, 0.6) is 0 Å². The summed E-state index contributed by atoms with van der Waals surface area (Å²) in [5, 5.41) is 15.5. The summed E-state index contributed by atoms with van der Waals surface area (Å²) in [6, 6.07) is 197. The molecule has 0 amide bonds. The van der Waals surface area contributed by atoms with E-state index in [4.69, 9.17) is 0 Å². The smallest absolute Gasteiger partial charge is 0.0714 e. The highest BCUT2D eigenvalue weighted by Gasteiger charge is 2.49. The van der Waals surface area contributed by atoms with Crippen molar-refractivity contribution in [1.29, 1.82) is 0 Å². The van der Waals surface area contributed by atoms with Crippen LogP contribution in [0.15, 0.2) is 528 Å². The Hall–Kier alpha value is -17.1. The van der Waals surface area contributed by atoms with Gasteiger partial charge < -0.3 is 14.7 Å². The molecule has 7 heteroatoms. The summed E-state index contributed by atoms with van der Waals surface area (Å²) in [5.41, 5.74) is 31.9. The van der Waals surface area contributed by atoms with Crippen LogP contribution >= 0.6 is 45.3 Å². The first-order valence-electron chi connectivity index (χ1n) is 49.4. The van der Waals surface area contributed by atoms with Gasteiger partial charge in [0, 0.05) is 132 Å². The fourth-order valence-corrected chi connectivity index (χ4v) is 29.3. The van der Waals surface area contributed by atoms with Gasteiger partial charge in [-0.15, -0.1) is 45.3 Å². The van der Waals surface area contributed by atoms with Gasteiger partial charge in [-0.25, -0.2) is 0 Å². The molecule has 0 N–H and O–H groups in total. The average Bonchev–Trinajstić information content (AvgIpc) is 1.45. The van der Waals surface area contributed by atoms with Crippen molar-refractivity contribution in [2.24, 2.45) is 0 Å². The van der Waals surface area contributed by atoms with Gasteiger partial charge >= 0.3 is 0 Å². The number of nitrogens with zero attached hydrogens (tertiary/aromatic N) is 3. The molecule has 0 aliphatic heterocycles. The number of fused-ring (bicyclic) bond motifs is 23. The van der Waals surface area contributed by atoms with Crippen LogP contribution in [0.2, 0.25) is 0 Å². The zero-order chi connectivity index (χ0) is 94.7. The van der Waals surface area contributed by atoms with Crippen molar-refractivity contribution in [1.82, 2.24) is 0 Å².